The first-order valence-corrected chi connectivity index (χ1v) is 11.1. The first-order chi connectivity index (χ1) is 16.3. The average Bonchev–Trinajstić information content (AvgIpc) is 3.23. The van der Waals surface area contributed by atoms with Crippen LogP contribution in [0.25, 0.3) is 5.57 Å². The third kappa shape index (κ3) is 3.79. The number of anilines is 1. The van der Waals surface area contributed by atoms with Gasteiger partial charge in [0, 0.05) is 29.7 Å². The number of nitrogens with zero attached hydrogens (tertiary/aromatic N) is 2. The molecule has 1 unspecified atom stereocenters. The van der Waals surface area contributed by atoms with Crippen molar-refractivity contribution in [2.75, 3.05) is 4.90 Å². The van der Waals surface area contributed by atoms with Gasteiger partial charge in [0.15, 0.2) is 5.82 Å². The molecule has 0 spiro atoms. The molecule has 1 saturated carbocycles. The second kappa shape index (κ2) is 8.52. The van der Waals surface area contributed by atoms with Gasteiger partial charge in [-0.3, -0.25) is 9.59 Å². The molecule has 0 radical (unpaired) electrons. The highest BCUT2D eigenvalue weighted by atomic mass is 19.1. The van der Waals surface area contributed by atoms with Crippen LogP contribution in [0.4, 0.5) is 14.6 Å². The number of carbonyl (C=O) groups is 2. The summed E-state index contributed by atoms with van der Waals surface area (Å²) in [5.41, 5.74) is 2.20. The number of amides is 1. The van der Waals surface area contributed by atoms with E-state index < -0.39 is 29.5 Å². The molecule has 8 heteroatoms. The summed E-state index contributed by atoms with van der Waals surface area (Å²) < 4.78 is 34.0. The largest absolute Gasteiger partial charge is 0.360 e. The van der Waals surface area contributed by atoms with Gasteiger partial charge in [0.2, 0.25) is 0 Å². The van der Waals surface area contributed by atoms with Gasteiger partial charge in [-0.1, -0.05) is 29.4 Å². The SMILES string of the molecule is CC1=C(C(=O)N[C@H](c2cccc(F)c2)C2CCC2=O)c2cccc(F)c2CN1c1cc(C)on1. The predicted molar refractivity (Wildman–Crippen MR) is 121 cm³/mol. The molecule has 3 aromatic rings. The van der Waals surface area contributed by atoms with E-state index in [-0.39, 0.29) is 17.9 Å². The van der Waals surface area contributed by atoms with Crippen LogP contribution in [0.3, 0.4) is 0 Å². The Morgan fingerprint density at radius 2 is 1.97 bits per heavy atom. The molecule has 2 heterocycles. The van der Waals surface area contributed by atoms with Gasteiger partial charge in [0.25, 0.3) is 5.91 Å². The van der Waals surface area contributed by atoms with Gasteiger partial charge in [0.1, 0.15) is 23.2 Å². The van der Waals surface area contributed by atoms with E-state index in [0.29, 0.717) is 46.8 Å². The topological polar surface area (TPSA) is 75.4 Å². The Balaban J connectivity index is 1.57. The Morgan fingerprint density at radius 1 is 1.18 bits per heavy atom. The van der Waals surface area contributed by atoms with Gasteiger partial charge in [-0.2, -0.15) is 0 Å². The Kier molecular flexibility index (Phi) is 5.51. The normalized spacial score (nSPS) is 18.4. The van der Waals surface area contributed by atoms with Crippen molar-refractivity contribution in [3.63, 3.8) is 0 Å². The molecule has 2 aliphatic rings. The number of benzene rings is 2. The van der Waals surface area contributed by atoms with E-state index >= 15 is 0 Å². The Labute approximate surface area is 195 Å². The summed E-state index contributed by atoms with van der Waals surface area (Å²) in [7, 11) is 0. The lowest BCUT2D eigenvalue weighted by atomic mass is 9.75. The number of aromatic nitrogens is 1. The lowest BCUT2D eigenvalue weighted by Gasteiger charge is -2.35. The molecule has 1 aliphatic heterocycles. The van der Waals surface area contributed by atoms with Crippen LogP contribution in [0.2, 0.25) is 0 Å². The molecular weight excluding hydrogens is 440 g/mol. The number of hydrogen-bond donors (Lipinski definition) is 1. The second-order valence-electron chi connectivity index (χ2n) is 8.73. The summed E-state index contributed by atoms with van der Waals surface area (Å²) in [5.74, 6) is -0.712. The quantitative estimate of drug-likeness (QED) is 0.586. The van der Waals surface area contributed by atoms with Gasteiger partial charge >= 0.3 is 0 Å². The zero-order valence-electron chi connectivity index (χ0n) is 18.8. The molecule has 0 saturated heterocycles. The minimum Gasteiger partial charge on any atom is -0.360 e. The van der Waals surface area contributed by atoms with Crippen LogP contribution in [0.15, 0.2) is 58.8 Å². The van der Waals surface area contributed by atoms with Crippen molar-refractivity contribution in [2.45, 2.75) is 39.3 Å². The van der Waals surface area contributed by atoms with Crippen LogP contribution in [-0.2, 0) is 16.1 Å². The van der Waals surface area contributed by atoms with Crippen LogP contribution < -0.4 is 10.2 Å². The molecule has 1 fully saturated rings. The average molecular weight is 463 g/mol. The van der Waals surface area contributed by atoms with Gasteiger partial charge in [-0.25, -0.2) is 8.78 Å². The maximum absolute atomic E-state index is 14.8. The molecule has 2 aromatic carbocycles. The fourth-order valence-electron chi connectivity index (χ4n) is 4.69. The molecule has 5 rings (SSSR count). The molecule has 1 N–H and O–H groups in total. The summed E-state index contributed by atoms with van der Waals surface area (Å²) in [6, 6.07) is 11.5. The lowest BCUT2D eigenvalue weighted by molar-refractivity contribution is -0.131. The summed E-state index contributed by atoms with van der Waals surface area (Å²) in [6.07, 6.45) is 1.04. The predicted octanol–water partition coefficient (Wildman–Crippen LogP) is 4.85. The summed E-state index contributed by atoms with van der Waals surface area (Å²) in [4.78, 5) is 27.7. The Hall–Kier alpha value is -3.81. The van der Waals surface area contributed by atoms with E-state index in [2.05, 4.69) is 10.5 Å². The van der Waals surface area contributed by atoms with Crippen LogP contribution in [0, 0.1) is 24.5 Å². The molecular formula is C26H23F2N3O3. The number of aryl methyl sites for hydroxylation is 1. The number of halogens is 2. The zero-order valence-corrected chi connectivity index (χ0v) is 18.8. The highest BCUT2D eigenvalue weighted by Crippen LogP contribution is 2.39. The van der Waals surface area contributed by atoms with E-state index in [1.54, 1.807) is 49.1 Å². The monoisotopic (exact) mass is 463 g/mol. The maximum atomic E-state index is 14.8. The number of carbonyl (C=O) groups excluding carboxylic acids is 2. The number of allylic oxidation sites excluding steroid dienone is 1. The smallest absolute Gasteiger partial charge is 0.254 e. The van der Waals surface area contributed by atoms with E-state index in [9.17, 15) is 18.4 Å². The molecule has 6 nitrogen and oxygen atoms in total. The van der Waals surface area contributed by atoms with Crippen molar-refractivity contribution < 1.29 is 22.9 Å². The van der Waals surface area contributed by atoms with E-state index in [4.69, 9.17) is 4.52 Å². The Morgan fingerprint density at radius 3 is 2.62 bits per heavy atom. The highest BCUT2D eigenvalue weighted by molar-refractivity contribution is 6.22. The molecule has 34 heavy (non-hydrogen) atoms. The number of ketones is 1. The third-order valence-electron chi connectivity index (χ3n) is 6.60. The van der Waals surface area contributed by atoms with E-state index in [0.717, 1.165) is 0 Å². The van der Waals surface area contributed by atoms with Crippen molar-refractivity contribution >= 4 is 23.1 Å². The first kappa shape index (κ1) is 22.0. The molecule has 1 amide bonds. The van der Waals surface area contributed by atoms with Crippen molar-refractivity contribution in [2.24, 2.45) is 5.92 Å². The van der Waals surface area contributed by atoms with Gasteiger partial charge in [-0.15, -0.1) is 0 Å². The van der Waals surface area contributed by atoms with E-state index in [1.807, 2.05) is 0 Å². The highest BCUT2D eigenvalue weighted by Gasteiger charge is 2.39. The zero-order chi connectivity index (χ0) is 24.0. The minimum atomic E-state index is -0.688. The van der Waals surface area contributed by atoms with E-state index in [1.165, 1.54) is 18.2 Å². The van der Waals surface area contributed by atoms with Crippen molar-refractivity contribution in [1.29, 1.82) is 0 Å². The van der Waals surface area contributed by atoms with Crippen LogP contribution in [0.5, 0.6) is 0 Å². The molecule has 1 aliphatic carbocycles. The lowest BCUT2D eigenvalue weighted by Crippen LogP contribution is -2.42. The maximum Gasteiger partial charge on any atom is 0.254 e. The van der Waals surface area contributed by atoms with Crippen molar-refractivity contribution in [1.82, 2.24) is 10.5 Å². The fraction of sp³-hybridized carbons (Fsp3) is 0.269. The number of nitrogens with one attached hydrogen (secondary N) is 1. The van der Waals surface area contributed by atoms with Gasteiger partial charge in [-0.05, 0) is 49.6 Å². The fourth-order valence-corrected chi connectivity index (χ4v) is 4.69. The van der Waals surface area contributed by atoms with Gasteiger partial charge < -0.3 is 14.7 Å². The van der Waals surface area contributed by atoms with Crippen molar-refractivity contribution in [3.05, 3.63) is 88.3 Å². The third-order valence-corrected chi connectivity index (χ3v) is 6.60. The Bertz CT molecular complexity index is 1330. The van der Waals surface area contributed by atoms with Crippen LogP contribution in [-0.4, -0.2) is 16.8 Å². The number of Topliss-reactive ketones (excluding diaryl/α,β-unsaturated/α-hetero) is 1. The molecule has 0 bridgehead atoms. The number of fused-ring (bicyclic) bond motifs is 1. The summed E-state index contributed by atoms with van der Waals surface area (Å²) in [6.45, 7) is 3.70. The van der Waals surface area contributed by atoms with Crippen molar-refractivity contribution in [3.8, 4) is 0 Å². The minimum absolute atomic E-state index is 0.0232. The number of hydrogen-bond acceptors (Lipinski definition) is 5. The summed E-state index contributed by atoms with van der Waals surface area (Å²) in [5, 5.41) is 6.99. The number of rotatable bonds is 5. The molecule has 1 aromatic heterocycles. The van der Waals surface area contributed by atoms with Crippen LogP contribution >= 0.6 is 0 Å². The van der Waals surface area contributed by atoms with Gasteiger partial charge in [0.05, 0.1) is 18.2 Å². The molecule has 174 valence electrons. The summed E-state index contributed by atoms with van der Waals surface area (Å²) >= 11 is 0. The first-order valence-electron chi connectivity index (χ1n) is 11.1. The standard InChI is InChI=1S/C26H23F2N3O3/c1-14-11-23(30-34-14)31-13-20-18(7-4-8-21(20)28)24(15(31)2)26(33)29-25(19-9-10-22(19)32)16-5-3-6-17(27)12-16/h3-8,11-12,19,25H,9-10,13H2,1-2H3,(H,29,33)/t19?,25-/m1/s1. The van der Waals surface area contributed by atoms with Crippen LogP contribution in [0.1, 0.15) is 48.3 Å². The molecule has 2 atom stereocenters. The second-order valence-corrected chi connectivity index (χ2v) is 8.73.